The minimum atomic E-state index is -0.797. The van der Waals surface area contributed by atoms with Crippen LogP contribution in [0.25, 0.3) is 0 Å². The van der Waals surface area contributed by atoms with Crippen LogP contribution in [0.4, 0.5) is 0 Å². The summed E-state index contributed by atoms with van der Waals surface area (Å²) in [6.07, 6.45) is 0. The minimum absolute atomic E-state index is 0.0632. The van der Waals surface area contributed by atoms with Crippen molar-refractivity contribution < 1.29 is 9.00 Å². The Morgan fingerprint density at radius 1 is 1.40 bits per heavy atom. The van der Waals surface area contributed by atoms with Crippen molar-refractivity contribution in [3.8, 4) is 0 Å². The van der Waals surface area contributed by atoms with E-state index in [9.17, 15) is 9.00 Å². The van der Waals surface area contributed by atoms with E-state index in [0.29, 0.717) is 24.6 Å². The molecule has 6 heteroatoms. The van der Waals surface area contributed by atoms with Gasteiger partial charge >= 0.3 is 0 Å². The van der Waals surface area contributed by atoms with Crippen LogP contribution in [0, 0.1) is 5.41 Å². The molecule has 15 heavy (non-hydrogen) atoms. The average Bonchev–Trinajstić information content (AvgIpc) is 2.17. The monoisotopic (exact) mass is 248 g/mol. The number of amides is 1. The van der Waals surface area contributed by atoms with Crippen LogP contribution in [-0.2, 0) is 15.6 Å². The van der Waals surface area contributed by atoms with Gasteiger partial charge in [-0.25, -0.2) is 0 Å². The molecule has 4 nitrogen and oxygen atoms in total. The van der Waals surface area contributed by atoms with Crippen molar-refractivity contribution in [3.05, 3.63) is 0 Å². The summed E-state index contributed by atoms with van der Waals surface area (Å²) >= 11 is 4.87. The van der Waals surface area contributed by atoms with Crippen LogP contribution >= 0.6 is 12.2 Å². The second kappa shape index (κ2) is 4.57. The maximum atomic E-state index is 12.0. The Bertz CT molecular complexity index is 305. The molecule has 0 aromatic carbocycles. The zero-order valence-corrected chi connectivity index (χ0v) is 10.6. The number of rotatable bonds is 2. The van der Waals surface area contributed by atoms with Gasteiger partial charge in [-0.15, -0.1) is 0 Å². The first-order valence-corrected chi connectivity index (χ1v) is 6.69. The highest BCUT2D eigenvalue weighted by molar-refractivity contribution is 7.85. The molecular formula is C9H16N2O2S2. The van der Waals surface area contributed by atoms with Crippen LogP contribution in [0.1, 0.15) is 13.8 Å². The predicted molar refractivity (Wildman–Crippen MR) is 65.0 cm³/mol. The first-order chi connectivity index (χ1) is 6.85. The molecule has 1 heterocycles. The molecule has 0 radical (unpaired) electrons. The third kappa shape index (κ3) is 2.75. The van der Waals surface area contributed by atoms with E-state index in [-0.39, 0.29) is 10.9 Å². The van der Waals surface area contributed by atoms with Gasteiger partial charge in [-0.05, 0) is 13.8 Å². The number of nitrogens with two attached hydrogens (primary N) is 1. The van der Waals surface area contributed by atoms with Crippen molar-refractivity contribution in [2.75, 3.05) is 24.6 Å². The molecule has 0 saturated carbocycles. The Morgan fingerprint density at radius 2 is 1.87 bits per heavy atom. The van der Waals surface area contributed by atoms with E-state index >= 15 is 0 Å². The summed E-state index contributed by atoms with van der Waals surface area (Å²) in [6, 6.07) is 0. The Kier molecular flexibility index (Phi) is 3.83. The third-order valence-corrected chi connectivity index (χ3v) is 4.40. The molecule has 1 saturated heterocycles. The van der Waals surface area contributed by atoms with Crippen molar-refractivity contribution in [2.45, 2.75) is 13.8 Å². The van der Waals surface area contributed by atoms with E-state index in [1.54, 1.807) is 18.7 Å². The molecule has 1 fully saturated rings. The summed E-state index contributed by atoms with van der Waals surface area (Å²) in [5.41, 5.74) is 4.73. The summed E-state index contributed by atoms with van der Waals surface area (Å²) in [5, 5.41) is 0. The van der Waals surface area contributed by atoms with Crippen LogP contribution in [0.5, 0.6) is 0 Å². The fraction of sp³-hybridized carbons (Fsp3) is 0.778. The number of carbonyl (C=O) groups is 1. The second-order valence-electron chi connectivity index (χ2n) is 4.13. The minimum Gasteiger partial charge on any atom is -0.392 e. The largest absolute Gasteiger partial charge is 0.392 e. The number of thiocarbonyl (C=S) groups is 1. The average molecular weight is 248 g/mol. The van der Waals surface area contributed by atoms with Crippen molar-refractivity contribution in [3.63, 3.8) is 0 Å². The molecule has 0 aliphatic carbocycles. The van der Waals surface area contributed by atoms with E-state index < -0.39 is 16.2 Å². The van der Waals surface area contributed by atoms with Crippen LogP contribution in [0.15, 0.2) is 0 Å². The van der Waals surface area contributed by atoms with Gasteiger partial charge in [-0.2, -0.15) is 0 Å². The topological polar surface area (TPSA) is 63.4 Å². The van der Waals surface area contributed by atoms with Crippen molar-refractivity contribution in [2.24, 2.45) is 11.1 Å². The maximum absolute atomic E-state index is 12.0. The Morgan fingerprint density at radius 3 is 2.27 bits per heavy atom. The van der Waals surface area contributed by atoms with Crippen LogP contribution in [0.3, 0.4) is 0 Å². The summed E-state index contributed by atoms with van der Waals surface area (Å²) in [5.74, 6) is 1.05. The lowest BCUT2D eigenvalue weighted by molar-refractivity contribution is -0.136. The molecule has 0 unspecified atom stereocenters. The van der Waals surface area contributed by atoms with Crippen molar-refractivity contribution in [1.82, 2.24) is 4.90 Å². The van der Waals surface area contributed by atoms with Gasteiger partial charge in [0, 0.05) is 35.4 Å². The molecule has 0 aromatic heterocycles. The van der Waals surface area contributed by atoms with Crippen LogP contribution < -0.4 is 5.73 Å². The van der Waals surface area contributed by atoms with Gasteiger partial charge in [0.15, 0.2) is 0 Å². The van der Waals surface area contributed by atoms with Crippen LogP contribution in [-0.4, -0.2) is 44.6 Å². The smallest absolute Gasteiger partial charge is 0.235 e. The van der Waals surface area contributed by atoms with Crippen LogP contribution in [0.2, 0.25) is 0 Å². The Balaban J connectivity index is 2.69. The number of nitrogens with zero attached hydrogens (tertiary/aromatic N) is 1. The molecule has 86 valence electrons. The van der Waals surface area contributed by atoms with E-state index in [4.69, 9.17) is 18.0 Å². The van der Waals surface area contributed by atoms with Gasteiger partial charge in [-0.3, -0.25) is 9.00 Å². The van der Waals surface area contributed by atoms with E-state index in [2.05, 4.69) is 0 Å². The molecule has 2 N–H and O–H groups in total. The van der Waals surface area contributed by atoms with Gasteiger partial charge in [0.2, 0.25) is 5.91 Å². The quantitative estimate of drug-likeness (QED) is 0.693. The fourth-order valence-electron chi connectivity index (χ4n) is 1.34. The predicted octanol–water partition coefficient (Wildman–Crippen LogP) is -0.110. The first-order valence-electron chi connectivity index (χ1n) is 4.80. The van der Waals surface area contributed by atoms with Gasteiger partial charge in [0.25, 0.3) is 0 Å². The molecule has 1 aliphatic heterocycles. The molecule has 0 aromatic rings. The van der Waals surface area contributed by atoms with Gasteiger partial charge in [0.05, 0.1) is 10.4 Å². The number of hydrogen-bond donors (Lipinski definition) is 1. The Labute approximate surface area is 97.6 Å². The van der Waals surface area contributed by atoms with E-state index in [1.807, 2.05) is 0 Å². The lowest BCUT2D eigenvalue weighted by Crippen LogP contribution is -2.51. The molecule has 1 aliphatic rings. The number of hydrogen-bond acceptors (Lipinski definition) is 3. The van der Waals surface area contributed by atoms with Gasteiger partial charge < -0.3 is 10.6 Å². The van der Waals surface area contributed by atoms with Crippen molar-refractivity contribution >= 4 is 33.9 Å². The highest BCUT2D eigenvalue weighted by atomic mass is 32.2. The third-order valence-electron chi connectivity index (χ3n) is 2.62. The molecule has 1 rings (SSSR count). The standard InChI is InChI=1S/C9H16N2O2S2/c1-9(2,7(10)14)8(12)11-3-5-15(13)6-4-11/h3-6H2,1-2H3,(H2,10,14). The molecule has 0 atom stereocenters. The molecule has 0 bridgehead atoms. The molecule has 0 spiro atoms. The molecule has 1 amide bonds. The summed E-state index contributed by atoms with van der Waals surface area (Å²) in [4.78, 5) is 13.9. The summed E-state index contributed by atoms with van der Waals surface area (Å²) in [6.45, 7) is 4.53. The highest BCUT2D eigenvalue weighted by Gasteiger charge is 2.35. The van der Waals surface area contributed by atoms with E-state index in [1.165, 1.54) is 0 Å². The van der Waals surface area contributed by atoms with Gasteiger partial charge in [0.1, 0.15) is 0 Å². The van der Waals surface area contributed by atoms with E-state index in [0.717, 1.165) is 0 Å². The highest BCUT2D eigenvalue weighted by Crippen LogP contribution is 2.20. The zero-order chi connectivity index (χ0) is 11.6. The molecular weight excluding hydrogens is 232 g/mol. The number of carbonyl (C=O) groups excluding carboxylic acids is 1. The first kappa shape index (κ1) is 12.6. The van der Waals surface area contributed by atoms with Crippen molar-refractivity contribution in [1.29, 1.82) is 0 Å². The lowest BCUT2D eigenvalue weighted by atomic mass is 9.91. The maximum Gasteiger partial charge on any atom is 0.235 e. The summed E-state index contributed by atoms with van der Waals surface area (Å²) < 4.78 is 11.1. The Hall–Kier alpha value is -0.490. The fourth-order valence-corrected chi connectivity index (χ4v) is 2.48. The lowest BCUT2D eigenvalue weighted by Gasteiger charge is -2.33. The zero-order valence-electron chi connectivity index (χ0n) is 8.99. The van der Waals surface area contributed by atoms with Gasteiger partial charge in [-0.1, -0.05) is 12.2 Å². The normalized spacial score (nSPS) is 18.9. The summed E-state index contributed by atoms with van der Waals surface area (Å²) in [7, 11) is -0.773. The SMILES string of the molecule is CC(C)(C(=O)N1CCS(=O)CC1)C(N)=S. The second-order valence-corrected chi connectivity index (χ2v) is 6.27.